The van der Waals surface area contributed by atoms with E-state index in [-0.39, 0.29) is 67.9 Å². The van der Waals surface area contributed by atoms with E-state index < -0.39 is 0 Å². The fourth-order valence-corrected chi connectivity index (χ4v) is 1.85. The van der Waals surface area contributed by atoms with Gasteiger partial charge in [-0.25, -0.2) is 25.7 Å². The average Bonchev–Trinajstić information content (AvgIpc) is 2.22. The zero-order valence-corrected chi connectivity index (χ0v) is 18.6. The topological polar surface area (TPSA) is 0 Å². The van der Waals surface area contributed by atoms with Crippen molar-refractivity contribution < 1.29 is 67.9 Å². The van der Waals surface area contributed by atoms with E-state index in [0.29, 0.717) is 0 Å². The molecule has 0 aromatic carbocycles. The third-order valence-electron chi connectivity index (χ3n) is 2.88. The summed E-state index contributed by atoms with van der Waals surface area (Å²) in [6.07, 6.45) is 18.0. The van der Waals surface area contributed by atoms with Gasteiger partial charge in [-0.2, -0.15) is 12.8 Å². The Hall–Kier alpha value is 2.29. The Morgan fingerprint density at radius 1 is 0.733 bits per heavy atom. The van der Waals surface area contributed by atoms with Crippen LogP contribution in [0.2, 0.25) is 0 Å². The first-order chi connectivity index (χ1) is 6.39. The minimum atomic E-state index is 0. The Morgan fingerprint density at radius 2 is 1.07 bits per heavy atom. The molecule has 0 saturated heterocycles. The molecule has 0 amide bonds. The van der Waals surface area contributed by atoms with Crippen molar-refractivity contribution in [1.82, 2.24) is 0 Å². The van der Waals surface area contributed by atoms with Crippen molar-refractivity contribution in [1.29, 1.82) is 0 Å². The molecule has 2 rings (SSSR count). The van der Waals surface area contributed by atoms with Crippen LogP contribution in [-0.4, -0.2) is 0 Å². The summed E-state index contributed by atoms with van der Waals surface area (Å²) < 4.78 is 0. The summed E-state index contributed by atoms with van der Waals surface area (Å²) in [6.45, 7) is 2.34. The van der Waals surface area contributed by atoms with Crippen LogP contribution in [0, 0.1) is 93.1 Å². The van der Waals surface area contributed by atoms with Crippen LogP contribution in [0.3, 0.4) is 0 Å². The summed E-state index contributed by atoms with van der Waals surface area (Å²) >= 11 is 0. The van der Waals surface area contributed by atoms with Gasteiger partial charge in [-0.3, -0.25) is 0 Å². The fourth-order valence-electron chi connectivity index (χ4n) is 1.85. The molecule has 2 aliphatic carbocycles. The maximum absolute atomic E-state index is 2.40. The minimum Gasteiger partial charge on any atom is -0.333 e. The first-order valence-electron chi connectivity index (χ1n) is 5.84. The van der Waals surface area contributed by atoms with Gasteiger partial charge in [0.15, 0.2) is 0 Å². The van der Waals surface area contributed by atoms with Crippen molar-refractivity contribution in [2.75, 3.05) is 0 Å². The van der Waals surface area contributed by atoms with E-state index in [4.69, 9.17) is 0 Å². The van der Waals surface area contributed by atoms with Gasteiger partial charge in [0.1, 0.15) is 0 Å². The summed E-state index contributed by atoms with van der Waals surface area (Å²) in [4.78, 5) is 0. The molecule has 2 fully saturated rings. The van der Waals surface area contributed by atoms with Gasteiger partial charge < -0.3 is 19.3 Å². The van der Waals surface area contributed by atoms with Crippen molar-refractivity contribution in [3.8, 4) is 0 Å². The number of rotatable bonds is 0. The summed E-state index contributed by atoms with van der Waals surface area (Å²) in [5.74, 6) is 1.00. The quantitative estimate of drug-likeness (QED) is 0.394. The molecule has 0 unspecified atom stereocenters. The second-order valence-electron chi connectivity index (χ2n) is 4.28. The van der Waals surface area contributed by atoms with Gasteiger partial charge in [-0.15, -0.1) is 0 Å². The zero-order chi connectivity index (χ0) is 9.36. The molecule has 0 spiro atoms. The molecule has 0 aliphatic heterocycles. The first-order valence-corrected chi connectivity index (χ1v) is 5.84. The van der Waals surface area contributed by atoms with Crippen LogP contribution in [0.1, 0.15) is 58.3 Å². The summed E-state index contributed by atoms with van der Waals surface area (Å²) in [5.41, 5.74) is 0. The molecule has 2 radical (unpaired) electrons. The van der Waals surface area contributed by atoms with E-state index in [1.54, 1.807) is 0 Å². The standard InChI is InChI=1S/C7H13.C6H10.La.Pa/c1-7-5-3-2-4-6-7;1-2-4-6-5-3-1;;/h2,7H,3-6H2,1H3;1,6H,2-5H2;;/q-1;-2;;. The molecule has 0 N–H and O–H groups in total. The van der Waals surface area contributed by atoms with Crippen molar-refractivity contribution in [2.24, 2.45) is 5.92 Å². The number of hydrogen-bond donors (Lipinski definition) is 0. The van der Waals surface area contributed by atoms with Crippen molar-refractivity contribution in [3.63, 3.8) is 0 Å². The zero-order valence-electron chi connectivity index (χ0n) is 10.1. The summed E-state index contributed by atoms with van der Waals surface area (Å²) in [6, 6.07) is 0. The predicted molar refractivity (Wildman–Crippen MR) is 59.0 cm³/mol. The molecular weight excluding hydrogens is 526 g/mol. The molecule has 15 heavy (non-hydrogen) atoms. The van der Waals surface area contributed by atoms with Crippen molar-refractivity contribution >= 4 is 0 Å². The van der Waals surface area contributed by atoms with Gasteiger partial charge in [0.25, 0.3) is 0 Å². The normalized spacial score (nSPS) is 21.4. The van der Waals surface area contributed by atoms with E-state index in [2.05, 4.69) is 26.2 Å². The van der Waals surface area contributed by atoms with Crippen molar-refractivity contribution in [2.45, 2.75) is 58.3 Å². The Bertz CT molecular complexity index is 95.6. The number of hydrogen-bond acceptors (Lipinski definition) is 0. The van der Waals surface area contributed by atoms with E-state index in [1.165, 1.54) is 51.4 Å². The van der Waals surface area contributed by atoms with Crippen LogP contribution in [-0.2, 0) is 0 Å². The fraction of sp³-hybridized carbons (Fsp3) is 0.769. The van der Waals surface area contributed by atoms with Gasteiger partial charge in [0, 0.05) is 67.9 Å². The molecule has 2 heteroatoms. The van der Waals surface area contributed by atoms with E-state index >= 15 is 0 Å². The van der Waals surface area contributed by atoms with Crippen molar-refractivity contribution in [3.05, 3.63) is 19.3 Å². The maximum Gasteiger partial charge on any atom is 0 e. The van der Waals surface area contributed by atoms with Gasteiger partial charge in [0.2, 0.25) is 0 Å². The molecule has 84 valence electrons. The summed E-state index contributed by atoms with van der Waals surface area (Å²) in [5, 5.41) is 0. The molecule has 0 atom stereocenters. The van der Waals surface area contributed by atoms with Crippen LogP contribution in [0.25, 0.3) is 0 Å². The maximum atomic E-state index is 2.40. The average molecular weight is 549 g/mol. The second-order valence-corrected chi connectivity index (χ2v) is 4.28. The van der Waals surface area contributed by atoms with Crippen LogP contribution < -0.4 is 0 Å². The molecule has 2 aliphatic rings. The first kappa shape index (κ1) is 19.6. The Kier molecular flexibility index (Phi) is 18.8. The van der Waals surface area contributed by atoms with Crippen LogP contribution in [0.4, 0.5) is 0 Å². The minimum absolute atomic E-state index is 0. The third kappa shape index (κ3) is 12.5. The third-order valence-corrected chi connectivity index (χ3v) is 2.88. The van der Waals surface area contributed by atoms with Crippen LogP contribution >= 0.6 is 0 Å². The second kappa shape index (κ2) is 14.3. The van der Waals surface area contributed by atoms with Crippen LogP contribution in [0.15, 0.2) is 0 Å². The van der Waals surface area contributed by atoms with E-state index in [9.17, 15) is 0 Å². The van der Waals surface area contributed by atoms with Gasteiger partial charge in [-0.1, -0.05) is 19.8 Å². The Morgan fingerprint density at radius 3 is 1.27 bits per heavy atom. The molecule has 0 heterocycles. The molecule has 0 aromatic heterocycles. The van der Waals surface area contributed by atoms with Gasteiger partial charge in [0.05, 0.1) is 0 Å². The Labute approximate surface area is 149 Å². The van der Waals surface area contributed by atoms with Gasteiger partial charge in [-0.05, 0) is 5.92 Å². The Balaban J connectivity index is 0. The van der Waals surface area contributed by atoms with E-state index in [1.807, 2.05) is 0 Å². The smallest absolute Gasteiger partial charge is 0 e. The largest absolute Gasteiger partial charge is 0.333 e. The van der Waals surface area contributed by atoms with Crippen LogP contribution in [0.5, 0.6) is 0 Å². The summed E-state index contributed by atoms with van der Waals surface area (Å²) in [7, 11) is 0. The molecule has 0 nitrogen and oxygen atoms in total. The SMILES string of the molecule is CC1CC[CH-]CC1.[CH-]1CC[CH-]CC1.[La].[Pa]. The monoisotopic (exact) mass is 549 g/mol. The van der Waals surface area contributed by atoms with Gasteiger partial charge >= 0.3 is 0 Å². The molecule has 2 saturated carbocycles. The predicted octanol–water partition coefficient (Wildman–Crippen LogP) is 4.37. The molecule has 0 aromatic rings. The molecular formula is C13H23LaPa-3. The van der Waals surface area contributed by atoms with E-state index in [0.717, 1.165) is 5.92 Å². The molecule has 0 bridgehead atoms.